The molecule has 4 aliphatic rings. The normalized spacial score (nSPS) is 42.0. The maximum absolute atomic E-state index is 9.88. The molecule has 0 saturated carbocycles. The van der Waals surface area contributed by atoms with Crippen LogP contribution < -0.4 is 0 Å². The van der Waals surface area contributed by atoms with E-state index in [-0.39, 0.29) is 25.7 Å². The van der Waals surface area contributed by atoms with Gasteiger partial charge in [0.1, 0.15) is 6.10 Å². The van der Waals surface area contributed by atoms with Crippen molar-refractivity contribution < 1.29 is 43.0 Å². The van der Waals surface area contributed by atoms with Crippen LogP contribution in [0.25, 0.3) is 0 Å². The van der Waals surface area contributed by atoms with E-state index in [9.17, 15) is 5.11 Å². The van der Waals surface area contributed by atoms with Crippen molar-refractivity contribution in [1.29, 1.82) is 0 Å². The number of aliphatic hydroxyl groups is 1. The summed E-state index contributed by atoms with van der Waals surface area (Å²) in [6.07, 6.45) is -0.329. The number of hydrogen-bond acceptors (Lipinski definition) is 9. The molecule has 4 fully saturated rings. The van der Waals surface area contributed by atoms with Crippen molar-refractivity contribution in [3.63, 3.8) is 0 Å². The first kappa shape index (κ1) is 19.0. The minimum absolute atomic E-state index is 0.0679. The molecule has 4 saturated heterocycles. The van der Waals surface area contributed by atoms with E-state index in [0.29, 0.717) is 33.0 Å². The minimum Gasteiger partial charge on any atom is -0.388 e. The average Bonchev–Trinajstić information content (AvgIpc) is 3.11. The molecule has 0 aliphatic carbocycles. The van der Waals surface area contributed by atoms with Gasteiger partial charge in [0.2, 0.25) is 12.1 Å². The molecule has 4 rings (SSSR count). The van der Waals surface area contributed by atoms with Gasteiger partial charge in [0.05, 0.1) is 58.8 Å². The first-order valence-electron chi connectivity index (χ1n) is 9.38. The zero-order chi connectivity index (χ0) is 18.0. The van der Waals surface area contributed by atoms with E-state index in [2.05, 4.69) is 0 Å². The third-order valence-electron chi connectivity index (χ3n) is 4.95. The van der Waals surface area contributed by atoms with Crippen LogP contribution in [0.2, 0.25) is 0 Å². The first-order valence-corrected chi connectivity index (χ1v) is 9.38. The maximum atomic E-state index is 9.88. The first-order chi connectivity index (χ1) is 12.6. The van der Waals surface area contributed by atoms with Crippen LogP contribution in [0.1, 0.15) is 26.2 Å². The van der Waals surface area contributed by atoms with E-state index >= 15 is 0 Å². The Morgan fingerprint density at radius 3 is 2.12 bits per heavy atom. The van der Waals surface area contributed by atoms with Gasteiger partial charge in [0, 0.05) is 0 Å². The Labute approximate surface area is 152 Å². The Hall–Kier alpha value is -0.360. The zero-order valence-electron chi connectivity index (χ0n) is 15.1. The number of rotatable bonds is 4. The molecule has 0 amide bonds. The van der Waals surface area contributed by atoms with Crippen LogP contribution in [0.4, 0.5) is 0 Å². The minimum atomic E-state index is -1.47. The van der Waals surface area contributed by atoms with Crippen molar-refractivity contribution in [1.82, 2.24) is 0 Å². The van der Waals surface area contributed by atoms with Gasteiger partial charge >= 0.3 is 0 Å². The van der Waals surface area contributed by atoms with Crippen molar-refractivity contribution >= 4 is 0 Å². The lowest BCUT2D eigenvalue weighted by Gasteiger charge is -2.53. The highest BCUT2D eigenvalue weighted by molar-refractivity contribution is 4.98. The Kier molecular flexibility index (Phi) is 5.80. The summed E-state index contributed by atoms with van der Waals surface area (Å²) in [5, 5.41) is 9.88. The maximum Gasteiger partial charge on any atom is 0.277 e. The fraction of sp³-hybridized carbons (Fsp3) is 1.00. The highest BCUT2D eigenvalue weighted by atomic mass is 16.8. The van der Waals surface area contributed by atoms with Gasteiger partial charge < -0.3 is 43.0 Å². The Morgan fingerprint density at radius 1 is 0.846 bits per heavy atom. The number of aliphatic hydroxyl groups excluding tert-OH is 1. The van der Waals surface area contributed by atoms with Crippen molar-refractivity contribution in [2.24, 2.45) is 0 Å². The van der Waals surface area contributed by atoms with E-state index in [0.717, 1.165) is 12.8 Å². The lowest BCUT2D eigenvalue weighted by Crippen LogP contribution is -2.71. The molecule has 0 radical (unpaired) electrons. The molecular formula is C17H28O9. The van der Waals surface area contributed by atoms with Gasteiger partial charge in [-0.05, 0) is 19.8 Å². The van der Waals surface area contributed by atoms with Crippen molar-refractivity contribution in [3.8, 4) is 0 Å². The van der Waals surface area contributed by atoms with Crippen LogP contribution >= 0.6 is 0 Å². The highest BCUT2D eigenvalue weighted by Crippen LogP contribution is 2.46. The van der Waals surface area contributed by atoms with Crippen LogP contribution in [0.15, 0.2) is 0 Å². The highest BCUT2D eigenvalue weighted by Gasteiger charge is 2.67. The smallest absolute Gasteiger partial charge is 0.277 e. The molecule has 2 atom stereocenters. The monoisotopic (exact) mass is 376 g/mol. The van der Waals surface area contributed by atoms with Gasteiger partial charge in [-0.1, -0.05) is 0 Å². The van der Waals surface area contributed by atoms with Crippen molar-refractivity contribution in [2.45, 2.75) is 62.5 Å². The predicted octanol–water partition coefficient (Wildman–Crippen LogP) is 0.138. The van der Waals surface area contributed by atoms with Crippen molar-refractivity contribution in [3.05, 3.63) is 0 Å². The topological polar surface area (TPSA) is 94.1 Å². The Morgan fingerprint density at radius 2 is 1.50 bits per heavy atom. The van der Waals surface area contributed by atoms with Crippen LogP contribution in [-0.2, 0) is 37.9 Å². The second-order valence-electron chi connectivity index (χ2n) is 7.09. The Balaban J connectivity index is 1.64. The lowest BCUT2D eigenvalue weighted by molar-refractivity contribution is -0.486. The van der Waals surface area contributed by atoms with Gasteiger partial charge in [0.15, 0.2) is 6.29 Å². The van der Waals surface area contributed by atoms with Crippen LogP contribution in [0, 0.1) is 0 Å². The molecule has 26 heavy (non-hydrogen) atoms. The van der Waals surface area contributed by atoms with E-state index in [4.69, 9.17) is 37.9 Å². The van der Waals surface area contributed by atoms with E-state index < -0.39 is 30.3 Å². The van der Waals surface area contributed by atoms with Crippen LogP contribution in [0.3, 0.4) is 0 Å². The standard InChI is InChI=1S/C17H28O9/c1-12-9-21-15(26-12)17(24-10-13(18)11-25-17)16(22-6-3-7-23-16)8-14-19-4-2-5-20-14/h12-15,18H,2-11H2,1H3. The van der Waals surface area contributed by atoms with Crippen molar-refractivity contribution in [2.75, 3.05) is 46.2 Å². The van der Waals surface area contributed by atoms with E-state index in [1.165, 1.54) is 0 Å². The summed E-state index contributed by atoms with van der Waals surface area (Å²) >= 11 is 0. The van der Waals surface area contributed by atoms with Gasteiger partial charge in [-0.2, -0.15) is 0 Å². The molecule has 1 N–H and O–H groups in total. The molecule has 9 nitrogen and oxygen atoms in total. The molecule has 4 aliphatic heterocycles. The third kappa shape index (κ3) is 3.52. The number of hydrogen-bond donors (Lipinski definition) is 1. The average molecular weight is 376 g/mol. The molecule has 9 heteroatoms. The lowest BCUT2D eigenvalue weighted by atomic mass is 9.97. The summed E-state index contributed by atoms with van der Waals surface area (Å²) in [4.78, 5) is 0. The molecule has 4 heterocycles. The molecular weight excluding hydrogens is 348 g/mol. The SMILES string of the molecule is CC1COC(C2(C3(CC4OCCCO4)OCCCO3)OCC(O)CO2)O1. The molecule has 0 aromatic heterocycles. The largest absolute Gasteiger partial charge is 0.388 e. The fourth-order valence-corrected chi connectivity index (χ4v) is 3.69. The van der Waals surface area contributed by atoms with Gasteiger partial charge in [-0.15, -0.1) is 0 Å². The molecule has 0 aromatic rings. The number of ether oxygens (including phenoxy) is 8. The molecule has 0 spiro atoms. The van der Waals surface area contributed by atoms with Crippen LogP contribution in [-0.4, -0.2) is 87.7 Å². The van der Waals surface area contributed by atoms with E-state index in [1.807, 2.05) is 6.92 Å². The molecule has 0 aromatic carbocycles. The summed E-state index contributed by atoms with van der Waals surface area (Å²) in [6.45, 7) is 4.64. The molecule has 150 valence electrons. The van der Waals surface area contributed by atoms with Gasteiger partial charge in [-0.25, -0.2) is 0 Å². The summed E-state index contributed by atoms with van der Waals surface area (Å²) in [6, 6.07) is 0. The molecule has 2 unspecified atom stereocenters. The second-order valence-corrected chi connectivity index (χ2v) is 7.09. The summed E-state index contributed by atoms with van der Waals surface area (Å²) in [5.41, 5.74) is 0. The molecule has 0 bridgehead atoms. The second kappa shape index (κ2) is 7.94. The van der Waals surface area contributed by atoms with Gasteiger partial charge in [0.25, 0.3) is 5.79 Å². The zero-order valence-corrected chi connectivity index (χ0v) is 15.1. The predicted molar refractivity (Wildman–Crippen MR) is 85.1 cm³/mol. The quantitative estimate of drug-likeness (QED) is 0.735. The summed E-state index contributed by atoms with van der Waals surface area (Å²) in [7, 11) is 0. The van der Waals surface area contributed by atoms with Crippen LogP contribution in [0.5, 0.6) is 0 Å². The third-order valence-corrected chi connectivity index (χ3v) is 4.95. The summed E-state index contributed by atoms with van der Waals surface area (Å²) < 4.78 is 47.4. The Bertz CT molecular complexity index is 453. The summed E-state index contributed by atoms with van der Waals surface area (Å²) in [5.74, 6) is -2.79. The van der Waals surface area contributed by atoms with Gasteiger partial charge in [-0.3, -0.25) is 0 Å². The fourth-order valence-electron chi connectivity index (χ4n) is 3.69. The van der Waals surface area contributed by atoms with E-state index in [1.54, 1.807) is 0 Å².